The van der Waals surface area contributed by atoms with Crippen molar-refractivity contribution < 1.29 is 18.8 Å². The Balaban J connectivity index is 2.81. The highest BCUT2D eigenvalue weighted by Gasteiger charge is 2.22. The van der Waals surface area contributed by atoms with E-state index in [1.807, 2.05) is 0 Å². The van der Waals surface area contributed by atoms with Gasteiger partial charge in [0.05, 0.1) is 31.5 Å². The van der Waals surface area contributed by atoms with Gasteiger partial charge in [-0.2, -0.15) is 0 Å². The van der Waals surface area contributed by atoms with Crippen LogP contribution in [0, 0.1) is 0 Å². The van der Waals surface area contributed by atoms with E-state index in [2.05, 4.69) is 21.1 Å². The van der Waals surface area contributed by atoms with E-state index < -0.39 is 0 Å². The van der Waals surface area contributed by atoms with Crippen LogP contribution in [0.25, 0.3) is 11.1 Å². The fraction of sp³-hybridized carbons (Fsp3) is 0.167. The van der Waals surface area contributed by atoms with Crippen LogP contribution < -0.4 is 15.2 Å². The first kappa shape index (κ1) is 13.4. The number of ether oxygens (including phenoxy) is 2. The Morgan fingerprint density at radius 1 is 1.37 bits per heavy atom. The molecule has 0 aliphatic rings. The van der Waals surface area contributed by atoms with Gasteiger partial charge in [0.2, 0.25) is 5.88 Å². The lowest BCUT2D eigenvalue weighted by atomic mass is 10.0. The van der Waals surface area contributed by atoms with Crippen LogP contribution >= 0.6 is 15.9 Å². The molecule has 0 saturated heterocycles. The predicted octanol–water partition coefficient (Wildman–Crippen LogP) is 2.52. The lowest BCUT2D eigenvalue weighted by Gasteiger charge is -2.15. The minimum Gasteiger partial charge on any atom is -0.492 e. The van der Waals surface area contributed by atoms with Gasteiger partial charge in [-0.25, -0.2) is 0 Å². The van der Waals surface area contributed by atoms with Crippen LogP contribution in [0.4, 0.5) is 5.88 Å². The molecule has 7 heteroatoms. The summed E-state index contributed by atoms with van der Waals surface area (Å²) in [6.45, 7) is 0. The molecule has 1 aromatic heterocycles. The number of benzene rings is 1. The first-order valence-corrected chi connectivity index (χ1v) is 6.03. The Kier molecular flexibility index (Phi) is 3.75. The molecular formula is C12H11BrN2O4. The van der Waals surface area contributed by atoms with Gasteiger partial charge in [0.1, 0.15) is 0 Å². The van der Waals surface area contributed by atoms with E-state index >= 15 is 0 Å². The van der Waals surface area contributed by atoms with Crippen LogP contribution in [-0.2, 0) is 0 Å². The van der Waals surface area contributed by atoms with Crippen molar-refractivity contribution in [1.29, 1.82) is 0 Å². The summed E-state index contributed by atoms with van der Waals surface area (Å²) < 4.78 is 16.0. The quantitative estimate of drug-likeness (QED) is 0.868. The first-order valence-electron chi connectivity index (χ1n) is 5.24. The largest absolute Gasteiger partial charge is 0.492 e. The average molecular weight is 327 g/mol. The van der Waals surface area contributed by atoms with Gasteiger partial charge in [0.15, 0.2) is 17.8 Å². The van der Waals surface area contributed by atoms with Crippen molar-refractivity contribution in [2.24, 2.45) is 0 Å². The molecular weight excluding hydrogens is 316 g/mol. The summed E-state index contributed by atoms with van der Waals surface area (Å²) >= 11 is 3.38. The third kappa shape index (κ3) is 2.17. The standard InChI is InChI=1S/C12H11BrN2O4/c1-17-10-6(5-16)3-8(13)9(11(10)18-2)7-4-15-19-12(7)14/h3-5H,14H2,1-2H3. The zero-order chi connectivity index (χ0) is 14.0. The van der Waals surface area contributed by atoms with Gasteiger partial charge < -0.3 is 19.7 Å². The van der Waals surface area contributed by atoms with Gasteiger partial charge in [-0.05, 0) is 22.0 Å². The topological polar surface area (TPSA) is 87.6 Å². The monoisotopic (exact) mass is 326 g/mol. The van der Waals surface area contributed by atoms with Crippen LogP contribution in [0.3, 0.4) is 0 Å². The number of halogens is 1. The second kappa shape index (κ2) is 5.31. The van der Waals surface area contributed by atoms with Crippen LogP contribution in [0.15, 0.2) is 21.3 Å². The van der Waals surface area contributed by atoms with E-state index in [-0.39, 0.29) is 5.88 Å². The van der Waals surface area contributed by atoms with Crippen molar-refractivity contribution in [2.75, 3.05) is 20.0 Å². The van der Waals surface area contributed by atoms with Gasteiger partial charge in [0.25, 0.3) is 0 Å². The van der Waals surface area contributed by atoms with Gasteiger partial charge in [-0.15, -0.1) is 0 Å². The molecule has 1 heterocycles. The second-order valence-corrected chi connectivity index (χ2v) is 4.47. The fourth-order valence-electron chi connectivity index (χ4n) is 1.81. The van der Waals surface area contributed by atoms with Crippen molar-refractivity contribution in [1.82, 2.24) is 5.16 Å². The number of aromatic nitrogens is 1. The zero-order valence-electron chi connectivity index (χ0n) is 10.3. The molecule has 0 fully saturated rings. The number of rotatable bonds is 4. The Labute approximate surface area is 117 Å². The number of carbonyl (C=O) groups excluding carboxylic acids is 1. The lowest BCUT2D eigenvalue weighted by molar-refractivity contribution is 0.112. The van der Waals surface area contributed by atoms with Crippen LogP contribution in [0.5, 0.6) is 11.5 Å². The molecule has 0 saturated carbocycles. The summed E-state index contributed by atoms with van der Waals surface area (Å²) in [4.78, 5) is 11.1. The molecule has 0 aliphatic carbocycles. The number of aldehydes is 1. The molecule has 6 nitrogen and oxygen atoms in total. The van der Waals surface area contributed by atoms with Gasteiger partial charge in [-0.3, -0.25) is 4.79 Å². The minimum atomic E-state index is 0.153. The molecule has 0 atom stereocenters. The summed E-state index contributed by atoms with van der Waals surface area (Å²) in [6.07, 6.45) is 2.16. The van der Waals surface area contributed by atoms with E-state index in [0.29, 0.717) is 38.9 Å². The predicted molar refractivity (Wildman–Crippen MR) is 72.5 cm³/mol. The lowest BCUT2D eigenvalue weighted by Crippen LogP contribution is -1.99. The van der Waals surface area contributed by atoms with E-state index in [4.69, 9.17) is 19.7 Å². The normalized spacial score (nSPS) is 10.3. The van der Waals surface area contributed by atoms with E-state index in [1.165, 1.54) is 20.4 Å². The second-order valence-electron chi connectivity index (χ2n) is 3.61. The maximum atomic E-state index is 11.1. The van der Waals surface area contributed by atoms with Gasteiger partial charge >= 0.3 is 0 Å². The Bertz CT molecular complexity index is 624. The molecule has 0 spiro atoms. The Morgan fingerprint density at radius 2 is 2.05 bits per heavy atom. The van der Waals surface area contributed by atoms with Crippen LogP contribution in [-0.4, -0.2) is 25.7 Å². The number of carbonyl (C=O) groups is 1. The summed E-state index contributed by atoms with van der Waals surface area (Å²) in [5, 5.41) is 3.63. The number of nitrogen functional groups attached to an aromatic ring is 1. The van der Waals surface area contributed by atoms with E-state index in [9.17, 15) is 4.79 Å². The Hall–Kier alpha value is -2.02. The van der Waals surface area contributed by atoms with Crippen LogP contribution in [0.1, 0.15) is 10.4 Å². The fourth-order valence-corrected chi connectivity index (χ4v) is 2.45. The summed E-state index contributed by atoms with van der Waals surface area (Å²) in [5.41, 5.74) is 7.25. The first-order chi connectivity index (χ1) is 9.13. The zero-order valence-corrected chi connectivity index (χ0v) is 11.9. The average Bonchev–Trinajstić information content (AvgIpc) is 2.83. The third-order valence-electron chi connectivity index (χ3n) is 2.62. The summed E-state index contributed by atoms with van der Waals surface area (Å²) in [5.74, 6) is 0.866. The van der Waals surface area contributed by atoms with Crippen molar-refractivity contribution >= 4 is 28.1 Å². The number of hydrogen-bond donors (Lipinski definition) is 1. The Morgan fingerprint density at radius 3 is 2.53 bits per heavy atom. The number of nitrogens with two attached hydrogens (primary N) is 1. The van der Waals surface area contributed by atoms with Gasteiger partial charge in [0, 0.05) is 10.0 Å². The number of anilines is 1. The molecule has 0 bridgehead atoms. The maximum absolute atomic E-state index is 11.1. The van der Waals surface area contributed by atoms with Crippen molar-refractivity contribution in [2.45, 2.75) is 0 Å². The summed E-state index contributed by atoms with van der Waals surface area (Å²) in [6, 6.07) is 1.62. The number of nitrogens with zero attached hydrogens (tertiary/aromatic N) is 1. The molecule has 2 N–H and O–H groups in total. The SMILES string of the molecule is COc1c(C=O)cc(Br)c(-c2cnoc2N)c1OC. The highest BCUT2D eigenvalue weighted by atomic mass is 79.9. The molecule has 0 amide bonds. The van der Waals surface area contributed by atoms with Crippen LogP contribution in [0.2, 0.25) is 0 Å². The highest BCUT2D eigenvalue weighted by Crippen LogP contribution is 2.46. The molecule has 2 aromatic rings. The van der Waals surface area contributed by atoms with Crippen molar-refractivity contribution in [3.8, 4) is 22.6 Å². The molecule has 0 unspecified atom stereocenters. The summed E-state index contributed by atoms with van der Waals surface area (Å²) in [7, 11) is 2.94. The minimum absolute atomic E-state index is 0.153. The molecule has 19 heavy (non-hydrogen) atoms. The van der Waals surface area contributed by atoms with E-state index in [0.717, 1.165) is 0 Å². The number of hydrogen-bond acceptors (Lipinski definition) is 6. The van der Waals surface area contributed by atoms with Crippen molar-refractivity contribution in [3.63, 3.8) is 0 Å². The molecule has 0 aliphatic heterocycles. The third-order valence-corrected chi connectivity index (χ3v) is 3.24. The molecule has 0 radical (unpaired) electrons. The highest BCUT2D eigenvalue weighted by molar-refractivity contribution is 9.10. The van der Waals surface area contributed by atoms with Gasteiger partial charge in [-0.1, -0.05) is 5.16 Å². The molecule has 2 rings (SSSR count). The molecule has 1 aromatic carbocycles. The number of methoxy groups -OCH3 is 2. The smallest absolute Gasteiger partial charge is 0.230 e. The maximum Gasteiger partial charge on any atom is 0.230 e. The molecule has 100 valence electrons. The van der Waals surface area contributed by atoms with E-state index in [1.54, 1.807) is 6.07 Å². The van der Waals surface area contributed by atoms with Crippen molar-refractivity contribution in [3.05, 3.63) is 22.3 Å².